The minimum atomic E-state index is 0.523. The Balaban J connectivity index is 1.29. The molecule has 0 aliphatic carbocycles. The van der Waals surface area contributed by atoms with Crippen LogP contribution < -0.4 is 9.64 Å². The molecule has 6 nitrogen and oxygen atoms in total. The van der Waals surface area contributed by atoms with Gasteiger partial charge in [0.25, 0.3) is 0 Å². The maximum absolute atomic E-state index is 6.17. The summed E-state index contributed by atoms with van der Waals surface area (Å²) < 4.78 is 6.17. The third kappa shape index (κ3) is 4.49. The van der Waals surface area contributed by atoms with Gasteiger partial charge in [-0.15, -0.1) is 0 Å². The fourth-order valence-corrected chi connectivity index (χ4v) is 4.75. The molecule has 0 saturated carbocycles. The number of hydrogen-bond acceptors (Lipinski definition) is 6. The molecule has 4 aromatic carbocycles. The van der Waals surface area contributed by atoms with Crippen molar-refractivity contribution in [2.75, 3.05) is 4.90 Å². The molecule has 6 heteroatoms. The van der Waals surface area contributed by atoms with Crippen LogP contribution in [-0.4, -0.2) is 19.9 Å². The lowest BCUT2D eigenvalue weighted by Gasteiger charge is -2.32. The van der Waals surface area contributed by atoms with E-state index in [2.05, 4.69) is 46.3 Å². The van der Waals surface area contributed by atoms with Crippen molar-refractivity contribution in [3.63, 3.8) is 0 Å². The Morgan fingerprint density at radius 1 is 0.538 bits per heavy atom. The molecular formula is C33H23N5O. The highest BCUT2D eigenvalue weighted by Gasteiger charge is 2.25. The normalized spacial score (nSPS) is 11.8. The van der Waals surface area contributed by atoms with E-state index in [1.807, 2.05) is 84.9 Å². The van der Waals surface area contributed by atoms with Crippen LogP contribution in [0, 0.1) is 0 Å². The summed E-state index contributed by atoms with van der Waals surface area (Å²) >= 11 is 0. The third-order valence-corrected chi connectivity index (χ3v) is 6.60. The molecule has 2 aromatic heterocycles. The molecular weight excluding hydrogens is 482 g/mol. The van der Waals surface area contributed by atoms with Crippen LogP contribution in [0.4, 0.5) is 17.1 Å². The largest absolute Gasteiger partial charge is 0.453 e. The zero-order valence-electron chi connectivity index (χ0n) is 21.0. The van der Waals surface area contributed by atoms with Crippen molar-refractivity contribution in [1.82, 2.24) is 19.9 Å². The molecule has 0 spiro atoms. The number of para-hydroxylation sites is 4. The number of hydrogen-bond donors (Lipinski definition) is 0. The maximum atomic E-state index is 6.17. The summed E-state index contributed by atoms with van der Waals surface area (Å²) in [6.07, 6.45) is 2.31. The monoisotopic (exact) mass is 505 g/mol. The van der Waals surface area contributed by atoms with Gasteiger partial charge in [0.05, 0.1) is 17.8 Å². The summed E-state index contributed by atoms with van der Waals surface area (Å²) in [5.74, 6) is 3.60. The van der Waals surface area contributed by atoms with Crippen LogP contribution in [0.1, 0.15) is 11.5 Å². The van der Waals surface area contributed by atoms with E-state index in [1.54, 1.807) is 6.20 Å². The SMILES string of the molecule is c1ccc(-c2nc(Cc3ccccn3)nc(-c3ccc(N4c5ccccc5Oc5ccccc54)cc3)n2)cc1. The van der Waals surface area contributed by atoms with Crippen LogP contribution in [0.3, 0.4) is 0 Å². The smallest absolute Gasteiger partial charge is 0.163 e. The van der Waals surface area contributed by atoms with Gasteiger partial charge in [-0.25, -0.2) is 15.0 Å². The molecule has 3 heterocycles. The number of rotatable bonds is 5. The third-order valence-electron chi connectivity index (χ3n) is 6.60. The predicted octanol–water partition coefficient (Wildman–Crippen LogP) is 7.77. The first-order valence-corrected chi connectivity index (χ1v) is 12.8. The van der Waals surface area contributed by atoms with Crippen molar-refractivity contribution in [2.45, 2.75) is 6.42 Å². The van der Waals surface area contributed by atoms with E-state index in [0.29, 0.717) is 23.9 Å². The minimum absolute atomic E-state index is 0.523. The molecule has 0 bridgehead atoms. The van der Waals surface area contributed by atoms with E-state index in [-0.39, 0.29) is 0 Å². The van der Waals surface area contributed by atoms with Gasteiger partial charge in [-0.1, -0.05) is 60.7 Å². The lowest BCUT2D eigenvalue weighted by atomic mass is 10.1. The second kappa shape index (κ2) is 9.84. The van der Waals surface area contributed by atoms with Gasteiger partial charge < -0.3 is 9.64 Å². The average Bonchev–Trinajstić information content (AvgIpc) is 3.01. The van der Waals surface area contributed by atoms with Crippen LogP contribution in [0.15, 0.2) is 128 Å². The Morgan fingerprint density at radius 2 is 1.13 bits per heavy atom. The minimum Gasteiger partial charge on any atom is -0.453 e. The lowest BCUT2D eigenvalue weighted by molar-refractivity contribution is 0.477. The molecule has 1 aliphatic heterocycles. The molecule has 1 aliphatic rings. The van der Waals surface area contributed by atoms with Crippen LogP contribution in [-0.2, 0) is 6.42 Å². The number of benzene rings is 4. The van der Waals surface area contributed by atoms with Crippen LogP contribution in [0.25, 0.3) is 22.8 Å². The van der Waals surface area contributed by atoms with E-state index in [1.165, 1.54) is 0 Å². The Kier molecular flexibility index (Phi) is 5.75. The zero-order chi connectivity index (χ0) is 26.0. The van der Waals surface area contributed by atoms with Crippen molar-refractivity contribution in [3.8, 4) is 34.3 Å². The number of anilines is 3. The second-order valence-corrected chi connectivity index (χ2v) is 9.18. The molecule has 186 valence electrons. The Morgan fingerprint density at radius 3 is 1.77 bits per heavy atom. The zero-order valence-corrected chi connectivity index (χ0v) is 21.0. The predicted molar refractivity (Wildman–Crippen MR) is 152 cm³/mol. The van der Waals surface area contributed by atoms with Gasteiger partial charge in [-0.2, -0.15) is 0 Å². The molecule has 0 atom stereocenters. The van der Waals surface area contributed by atoms with Gasteiger partial charge in [0.2, 0.25) is 0 Å². The van der Waals surface area contributed by atoms with Crippen molar-refractivity contribution < 1.29 is 4.74 Å². The Hall–Kier alpha value is -5.36. The highest BCUT2D eigenvalue weighted by atomic mass is 16.5. The van der Waals surface area contributed by atoms with E-state index < -0.39 is 0 Å². The molecule has 0 amide bonds. The van der Waals surface area contributed by atoms with Gasteiger partial charge in [-0.05, 0) is 60.7 Å². The van der Waals surface area contributed by atoms with Crippen molar-refractivity contribution >= 4 is 17.1 Å². The van der Waals surface area contributed by atoms with Gasteiger partial charge in [0.15, 0.2) is 23.1 Å². The van der Waals surface area contributed by atoms with Gasteiger partial charge in [-0.3, -0.25) is 4.98 Å². The Labute approximate surface area is 226 Å². The molecule has 0 fully saturated rings. The highest BCUT2D eigenvalue weighted by Crippen LogP contribution is 2.50. The number of nitrogens with zero attached hydrogens (tertiary/aromatic N) is 5. The Bertz CT molecular complexity index is 1710. The summed E-state index contributed by atoms with van der Waals surface area (Å²) in [5, 5.41) is 0. The molecule has 6 aromatic rings. The standard InChI is InChI=1S/C33H23N5O/c1-2-10-23(11-3-1)32-35-31(22-25-12-8-9-21-34-25)36-33(37-32)24-17-19-26(20-18-24)38-27-13-4-6-15-29(27)39-30-16-7-5-14-28(30)38/h1-21H,22H2. The summed E-state index contributed by atoms with van der Waals surface area (Å²) in [5.41, 5.74) is 5.78. The summed E-state index contributed by atoms with van der Waals surface area (Å²) in [6, 6.07) is 40.3. The van der Waals surface area contributed by atoms with Crippen LogP contribution >= 0.6 is 0 Å². The van der Waals surface area contributed by atoms with Crippen molar-refractivity contribution in [1.29, 1.82) is 0 Å². The summed E-state index contributed by atoms with van der Waals surface area (Å²) in [4.78, 5) is 21.2. The van der Waals surface area contributed by atoms with Gasteiger partial charge in [0.1, 0.15) is 5.82 Å². The first-order chi connectivity index (χ1) is 19.3. The van der Waals surface area contributed by atoms with E-state index in [4.69, 9.17) is 19.7 Å². The average molecular weight is 506 g/mol. The molecule has 7 rings (SSSR count). The molecule has 39 heavy (non-hydrogen) atoms. The van der Waals surface area contributed by atoms with Crippen LogP contribution in [0.5, 0.6) is 11.5 Å². The fraction of sp³-hybridized carbons (Fsp3) is 0.0303. The second-order valence-electron chi connectivity index (χ2n) is 9.18. The first-order valence-electron chi connectivity index (χ1n) is 12.8. The number of ether oxygens (including phenoxy) is 1. The summed E-state index contributed by atoms with van der Waals surface area (Å²) in [7, 11) is 0. The number of aromatic nitrogens is 4. The quantitative estimate of drug-likeness (QED) is 0.238. The fourth-order valence-electron chi connectivity index (χ4n) is 4.75. The molecule has 0 saturated heterocycles. The number of pyridine rings is 1. The van der Waals surface area contributed by atoms with Crippen molar-refractivity contribution in [2.24, 2.45) is 0 Å². The van der Waals surface area contributed by atoms with E-state index in [0.717, 1.165) is 45.4 Å². The van der Waals surface area contributed by atoms with Gasteiger partial charge in [0, 0.05) is 28.7 Å². The molecule has 0 radical (unpaired) electrons. The molecule has 0 N–H and O–H groups in total. The van der Waals surface area contributed by atoms with Gasteiger partial charge >= 0.3 is 0 Å². The highest BCUT2D eigenvalue weighted by molar-refractivity contribution is 5.86. The van der Waals surface area contributed by atoms with E-state index in [9.17, 15) is 0 Å². The maximum Gasteiger partial charge on any atom is 0.163 e. The number of fused-ring (bicyclic) bond motifs is 2. The topological polar surface area (TPSA) is 64.0 Å². The summed E-state index contributed by atoms with van der Waals surface area (Å²) in [6.45, 7) is 0. The molecule has 0 unspecified atom stereocenters. The van der Waals surface area contributed by atoms with Crippen LogP contribution in [0.2, 0.25) is 0 Å². The van der Waals surface area contributed by atoms with E-state index >= 15 is 0 Å². The van der Waals surface area contributed by atoms with Crippen molar-refractivity contribution in [3.05, 3.63) is 139 Å². The lowest BCUT2D eigenvalue weighted by Crippen LogP contribution is -2.15. The first kappa shape index (κ1) is 22.8.